The number of benzene rings is 2. The lowest BCUT2D eigenvalue weighted by molar-refractivity contribution is -0.0926. The van der Waals surface area contributed by atoms with Crippen LogP contribution in [-0.4, -0.2) is 39.6 Å². The predicted molar refractivity (Wildman–Crippen MR) is 111 cm³/mol. The zero-order valence-corrected chi connectivity index (χ0v) is 17.0. The molecule has 2 atom stereocenters. The van der Waals surface area contributed by atoms with Crippen LogP contribution in [0, 0.1) is 11.7 Å². The third-order valence-electron chi connectivity index (χ3n) is 5.21. The fourth-order valence-electron chi connectivity index (χ4n) is 3.78. The second-order valence-electron chi connectivity index (χ2n) is 7.17. The van der Waals surface area contributed by atoms with Gasteiger partial charge in [0.15, 0.2) is 0 Å². The molecular weight excluding hydrogens is 387 g/mol. The van der Waals surface area contributed by atoms with Crippen LogP contribution in [0.3, 0.4) is 0 Å². The summed E-state index contributed by atoms with van der Waals surface area (Å²) in [4.78, 5) is 12.5. The summed E-state index contributed by atoms with van der Waals surface area (Å²) in [6.45, 7) is 5.18. The number of rotatable bonds is 9. The van der Waals surface area contributed by atoms with Crippen LogP contribution in [0.15, 0.2) is 67.0 Å². The molecule has 2 N–H and O–H groups in total. The van der Waals surface area contributed by atoms with Crippen molar-refractivity contribution in [2.75, 3.05) is 33.7 Å². The maximum atomic E-state index is 14.9. The molecule has 1 saturated heterocycles. The Balaban J connectivity index is 1.86. The number of carbonyl (C=O) groups excluding carboxylic acids is 1. The van der Waals surface area contributed by atoms with E-state index in [2.05, 4.69) is 17.2 Å². The third-order valence-corrected chi connectivity index (χ3v) is 5.21. The van der Waals surface area contributed by atoms with Crippen LogP contribution in [0.1, 0.15) is 22.3 Å². The number of ether oxygens (including phenoxy) is 3. The van der Waals surface area contributed by atoms with Gasteiger partial charge in [-0.15, -0.1) is 0 Å². The summed E-state index contributed by atoms with van der Waals surface area (Å²) in [5, 5.41) is 6.07. The first kappa shape index (κ1) is 22.0. The number of methoxy groups -OCH3 is 1. The Morgan fingerprint density at radius 2 is 1.97 bits per heavy atom. The Kier molecular flexibility index (Phi) is 7.57. The van der Waals surface area contributed by atoms with E-state index in [0.717, 1.165) is 0 Å². The van der Waals surface area contributed by atoms with Gasteiger partial charge in [-0.25, -0.2) is 4.39 Å². The van der Waals surface area contributed by atoms with Crippen LogP contribution in [0.2, 0.25) is 0 Å². The van der Waals surface area contributed by atoms with E-state index in [4.69, 9.17) is 14.2 Å². The first-order valence-electron chi connectivity index (χ1n) is 9.80. The summed E-state index contributed by atoms with van der Waals surface area (Å²) >= 11 is 0. The van der Waals surface area contributed by atoms with Gasteiger partial charge in [0.2, 0.25) is 0 Å². The topological polar surface area (TPSA) is 68.8 Å². The number of halogens is 1. The van der Waals surface area contributed by atoms with Crippen molar-refractivity contribution in [2.24, 2.45) is 5.92 Å². The van der Waals surface area contributed by atoms with Crippen LogP contribution < -0.4 is 10.6 Å². The molecule has 0 unspecified atom stereocenters. The van der Waals surface area contributed by atoms with Crippen LogP contribution in [0.4, 0.5) is 4.39 Å². The third kappa shape index (κ3) is 5.05. The average molecular weight is 414 g/mol. The molecule has 1 heterocycles. The number of nitrogens with one attached hydrogen (secondary N) is 2. The lowest BCUT2D eigenvalue weighted by atomic mass is 9.74. The molecule has 1 aliphatic heterocycles. The van der Waals surface area contributed by atoms with Gasteiger partial charge in [-0.1, -0.05) is 43.0 Å². The summed E-state index contributed by atoms with van der Waals surface area (Å²) in [5.74, 6) is -0.587. The Bertz CT molecular complexity index is 861. The lowest BCUT2D eigenvalue weighted by Gasteiger charge is -2.46. The molecule has 0 radical (unpaired) electrons. The second-order valence-corrected chi connectivity index (χ2v) is 7.17. The van der Waals surface area contributed by atoms with Gasteiger partial charge in [0.05, 0.1) is 24.6 Å². The van der Waals surface area contributed by atoms with E-state index < -0.39 is 5.54 Å². The molecule has 0 aromatic heterocycles. The molecule has 0 aliphatic carbocycles. The van der Waals surface area contributed by atoms with Gasteiger partial charge in [-0.05, 0) is 24.6 Å². The molecular formula is C23H27FN2O4. The molecule has 0 saturated carbocycles. The highest BCUT2D eigenvalue weighted by atomic mass is 19.1. The van der Waals surface area contributed by atoms with Crippen molar-refractivity contribution >= 4 is 5.91 Å². The molecule has 30 heavy (non-hydrogen) atoms. The predicted octanol–water partition coefficient (Wildman–Crippen LogP) is 3.17. The van der Waals surface area contributed by atoms with E-state index in [0.29, 0.717) is 30.8 Å². The molecule has 6 nitrogen and oxygen atoms in total. The number of hydrogen-bond acceptors (Lipinski definition) is 5. The largest absolute Gasteiger partial charge is 0.381 e. The second kappa shape index (κ2) is 10.3. The van der Waals surface area contributed by atoms with Crippen LogP contribution in [-0.2, 0) is 19.7 Å². The Labute approximate surface area is 176 Å². The number of carbonyl (C=O) groups is 1. The molecule has 2 aromatic rings. The fourth-order valence-corrected chi connectivity index (χ4v) is 3.78. The molecule has 7 heteroatoms. The number of hydrogen-bond donors (Lipinski definition) is 2. The smallest absolute Gasteiger partial charge is 0.256 e. The molecule has 1 aliphatic rings. The highest BCUT2D eigenvalue weighted by Gasteiger charge is 2.45. The summed E-state index contributed by atoms with van der Waals surface area (Å²) in [6.07, 6.45) is 0.481. The average Bonchev–Trinajstić information content (AvgIpc) is 2.76. The fraction of sp³-hybridized carbons (Fsp3) is 0.348. The molecule has 160 valence electrons. The van der Waals surface area contributed by atoms with E-state index in [-0.39, 0.29) is 36.9 Å². The van der Waals surface area contributed by atoms with Crippen molar-refractivity contribution in [3.8, 4) is 0 Å². The minimum Gasteiger partial charge on any atom is -0.381 e. The molecule has 0 spiro atoms. The van der Waals surface area contributed by atoms with Gasteiger partial charge in [0, 0.05) is 30.8 Å². The first-order valence-corrected chi connectivity index (χ1v) is 9.80. The van der Waals surface area contributed by atoms with Crippen LogP contribution in [0.25, 0.3) is 0 Å². The minimum atomic E-state index is -0.863. The molecule has 1 fully saturated rings. The lowest BCUT2D eigenvalue weighted by Crippen LogP contribution is -2.56. The molecule has 1 amide bonds. The van der Waals surface area contributed by atoms with E-state index in [1.54, 1.807) is 49.6 Å². The van der Waals surface area contributed by atoms with Gasteiger partial charge < -0.3 is 24.8 Å². The number of amides is 1. The van der Waals surface area contributed by atoms with Gasteiger partial charge >= 0.3 is 0 Å². The van der Waals surface area contributed by atoms with Gasteiger partial charge in [-0.3, -0.25) is 4.79 Å². The van der Waals surface area contributed by atoms with Gasteiger partial charge in [0.25, 0.3) is 5.91 Å². The highest BCUT2D eigenvalue weighted by Crippen LogP contribution is 2.39. The first-order chi connectivity index (χ1) is 14.6. The van der Waals surface area contributed by atoms with E-state index in [1.807, 2.05) is 6.07 Å². The molecule has 2 aromatic carbocycles. The SMILES string of the molecule is C=C(NC(=O)c1ccccc1)N[C@@]1(c2ccccc2F)CCOC[C@@H]1COCOC. The Hall–Kier alpha value is -2.74. The minimum absolute atomic E-state index is 0.121. The van der Waals surface area contributed by atoms with Crippen molar-refractivity contribution in [2.45, 2.75) is 12.0 Å². The van der Waals surface area contributed by atoms with Crippen molar-refractivity contribution in [3.05, 3.63) is 83.9 Å². The molecule has 3 rings (SSSR count). The van der Waals surface area contributed by atoms with E-state index >= 15 is 0 Å². The summed E-state index contributed by atoms with van der Waals surface area (Å²) < 4.78 is 31.1. The van der Waals surface area contributed by atoms with E-state index in [9.17, 15) is 9.18 Å². The van der Waals surface area contributed by atoms with Gasteiger partial charge in [0.1, 0.15) is 12.6 Å². The summed E-state index contributed by atoms with van der Waals surface area (Å²) in [6, 6.07) is 15.4. The van der Waals surface area contributed by atoms with Crippen molar-refractivity contribution < 1.29 is 23.4 Å². The maximum Gasteiger partial charge on any atom is 0.256 e. The quantitative estimate of drug-likeness (QED) is 0.487. The maximum absolute atomic E-state index is 14.9. The monoisotopic (exact) mass is 414 g/mol. The summed E-state index contributed by atoms with van der Waals surface area (Å²) in [7, 11) is 1.54. The summed E-state index contributed by atoms with van der Waals surface area (Å²) in [5.41, 5.74) is 0.125. The van der Waals surface area contributed by atoms with Crippen molar-refractivity contribution in [1.29, 1.82) is 0 Å². The Morgan fingerprint density at radius 3 is 2.70 bits per heavy atom. The van der Waals surface area contributed by atoms with Gasteiger partial charge in [-0.2, -0.15) is 0 Å². The normalized spacial score (nSPS) is 21.1. The van der Waals surface area contributed by atoms with Crippen molar-refractivity contribution in [1.82, 2.24) is 10.6 Å². The highest BCUT2D eigenvalue weighted by molar-refractivity contribution is 5.95. The standard InChI is InChI=1S/C23H27FN2O4/c1-17(25-22(27)18-8-4-3-5-9-18)26-23(20-10-6-7-11-21(20)24)12-13-29-14-19(23)15-30-16-28-2/h3-11,19,26H,1,12-16H2,2H3,(H,25,27)/t19-,23+/m1/s1. The van der Waals surface area contributed by atoms with E-state index in [1.165, 1.54) is 6.07 Å². The zero-order chi connectivity index (χ0) is 21.4. The Morgan fingerprint density at radius 1 is 1.23 bits per heavy atom. The zero-order valence-electron chi connectivity index (χ0n) is 17.0. The van der Waals surface area contributed by atoms with Crippen molar-refractivity contribution in [3.63, 3.8) is 0 Å². The van der Waals surface area contributed by atoms with Crippen LogP contribution >= 0.6 is 0 Å². The van der Waals surface area contributed by atoms with Crippen LogP contribution in [0.5, 0.6) is 0 Å². The molecule has 0 bridgehead atoms.